The number of hydrogen-bond donors (Lipinski definition) is 1. The lowest BCUT2D eigenvalue weighted by Gasteiger charge is -2.21. The van der Waals surface area contributed by atoms with Gasteiger partial charge in [-0.2, -0.15) is 0 Å². The molecule has 1 rings (SSSR count). The molecule has 0 aromatic rings. The second kappa shape index (κ2) is 2.83. The third-order valence-electron chi connectivity index (χ3n) is 2.07. The number of carboxylic acid groups (broad SMARTS) is 1. The van der Waals surface area contributed by atoms with Gasteiger partial charge in [0.2, 0.25) is 0 Å². The SMILES string of the molecule is C=C1CC1(C(=O)O)C(=O)OC(C)(C)C. The Morgan fingerprint density at radius 2 is 1.93 bits per heavy atom. The van der Waals surface area contributed by atoms with Crippen molar-refractivity contribution < 1.29 is 19.4 Å². The van der Waals surface area contributed by atoms with Crippen molar-refractivity contribution in [1.82, 2.24) is 0 Å². The van der Waals surface area contributed by atoms with Gasteiger partial charge in [-0.05, 0) is 26.3 Å². The van der Waals surface area contributed by atoms with Gasteiger partial charge in [0, 0.05) is 6.42 Å². The van der Waals surface area contributed by atoms with Crippen LogP contribution in [0.4, 0.5) is 0 Å². The number of carboxylic acids is 1. The zero-order valence-corrected chi connectivity index (χ0v) is 8.59. The molecule has 0 bridgehead atoms. The molecule has 0 amide bonds. The molecule has 0 saturated heterocycles. The van der Waals surface area contributed by atoms with Gasteiger partial charge < -0.3 is 9.84 Å². The Morgan fingerprint density at radius 1 is 1.50 bits per heavy atom. The van der Waals surface area contributed by atoms with Crippen molar-refractivity contribution in [1.29, 1.82) is 0 Å². The van der Waals surface area contributed by atoms with Gasteiger partial charge in [-0.25, -0.2) is 0 Å². The zero-order valence-electron chi connectivity index (χ0n) is 8.59. The van der Waals surface area contributed by atoms with Crippen LogP contribution in [0.2, 0.25) is 0 Å². The first-order chi connectivity index (χ1) is 6.20. The summed E-state index contributed by atoms with van der Waals surface area (Å²) in [5, 5.41) is 8.88. The lowest BCUT2D eigenvalue weighted by molar-refractivity contribution is -0.168. The summed E-state index contributed by atoms with van der Waals surface area (Å²) < 4.78 is 5.02. The van der Waals surface area contributed by atoms with E-state index in [1.165, 1.54) is 0 Å². The summed E-state index contributed by atoms with van der Waals surface area (Å²) in [5.74, 6) is -1.88. The number of rotatable bonds is 2. The van der Waals surface area contributed by atoms with Crippen molar-refractivity contribution in [3.8, 4) is 0 Å². The fourth-order valence-corrected chi connectivity index (χ4v) is 1.17. The van der Waals surface area contributed by atoms with E-state index in [1.54, 1.807) is 20.8 Å². The summed E-state index contributed by atoms with van der Waals surface area (Å²) in [6.45, 7) is 8.61. The van der Waals surface area contributed by atoms with Crippen LogP contribution in [0.5, 0.6) is 0 Å². The van der Waals surface area contributed by atoms with E-state index in [0.29, 0.717) is 5.57 Å². The standard InChI is InChI=1S/C10H14O4/c1-6-5-10(6,7(11)12)8(13)14-9(2,3)4/h1,5H2,2-4H3,(H,11,12). The number of hydrogen-bond acceptors (Lipinski definition) is 3. The third kappa shape index (κ3) is 1.64. The summed E-state index contributed by atoms with van der Waals surface area (Å²) in [6, 6.07) is 0. The van der Waals surface area contributed by atoms with Crippen LogP contribution in [0.15, 0.2) is 12.2 Å². The van der Waals surface area contributed by atoms with Gasteiger partial charge in [0.25, 0.3) is 0 Å². The maximum atomic E-state index is 11.5. The lowest BCUT2D eigenvalue weighted by Crippen LogP contribution is -2.34. The number of carbonyl (C=O) groups is 2. The molecule has 14 heavy (non-hydrogen) atoms. The molecule has 1 fully saturated rings. The molecule has 4 nitrogen and oxygen atoms in total. The number of ether oxygens (including phenoxy) is 1. The van der Waals surface area contributed by atoms with Crippen molar-refractivity contribution in [3.05, 3.63) is 12.2 Å². The van der Waals surface area contributed by atoms with Gasteiger partial charge in [0.1, 0.15) is 5.60 Å². The maximum Gasteiger partial charge on any atom is 0.328 e. The zero-order chi connectivity index (χ0) is 11.1. The van der Waals surface area contributed by atoms with Crippen molar-refractivity contribution >= 4 is 11.9 Å². The van der Waals surface area contributed by atoms with Crippen LogP contribution < -0.4 is 0 Å². The molecule has 1 unspecified atom stereocenters. The number of aliphatic carboxylic acids is 1. The molecule has 1 aliphatic carbocycles. The minimum atomic E-state index is -1.46. The van der Waals surface area contributed by atoms with Crippen LogP contribution in [-0.4, -0.2) is 22.6 Å². The summed E-state index contributed by atoms with van der Waals surface area (Å²) >= 11 is 0. The summed E-state index contributed by atoms with van der Waals surface area (Å²) in [5.41, 5.74) is -1.71. The van der Waals surface area contributed by atoms with Crippen LogP contribution in [0, 0.1) is 5.41 Å². The van der Waals surface area contributed by atoms with Gasteiger partial charge in [0.15, 0.2) is 5.41 Å². The molecule has 0 heterocycles. The average molecular weight is 198 g/mol. The molecule has 4 heteroatoms. The van der Waals surface area contributed by atoms with Crippen molar-refractivity contribution in [2.24, 2.45) is 5.41 Å². The second-order valence-electron chi connectivity index (χ2n) is 4.49. The Bertz CT molecular complexity index is 311. The minimum absolute atomic E-state index is 0.192. The Kier molecular flexibility index (Phi) is 2.18. The average Bonchev–Trinajstić information content (AvgIpc) is 2.58. The molecular formula is C10H14O4. The van der Waals surface area contributed by atoms with Crippen molar-refractivity contribution in [2.75, 3.05) is 0 Å². The first kappa shape index (κ1) is 10.8. The third-order valence-corrected chi connectivity index (χ3v) is 2.07. The van der Waals surface area contributed by atoms with Gasteiger partial charge in [-0.15, -0.1) is 0 Å². The quantitative estimate of drug-likeness (QED) is 0.413. The fourth-order valence-electron chi connectivity index (χ4n) is 1.17. The van der Waals surface area contributed by atoms with E-state index in [4.69, 9.17) is 9.84 Å². The Labute approximate surface area is 82.6 Å². The highest BCUT2D eigenvalue weighted by Crippen LogP contribution is 2.52. The number of esters is 1. The van der Waals surface area contributed by atoms with Crippen molar-refractivity contribution in [3.63, 3.8) is 0 Å². The molecule has 1 aliphatic rings. The van der Waals surface area contributed by atoms with E-state index in [9.17, 15) is 9.59 Å². The summed E-state index contributed by atoms with van der Waals surface area (Å²) in [6.07, 6.45) is 0.192. The van der Waals surface area contributed by atoms with Crippen LogP contribution in [-0.2, 0) is 14.3 Å². The van der Waals surface area contributed by atoms with E-state index in [0.717, 1.165) is 0 Å². The first-order valence-corrected chi connectivity index (χ1v) is 4.35. The lowest BCUT2D eigenvalue weighted by atomic mass is 10.1. The molecule has 0 aromatic heterocycles. The van der Waals surface area contributed by atoms with E-state index < -0.39 is 23.0 Å². The van der Waals surface area contributed by atoms with E-state index in [1.807, 2.05) is 0 Å². The predicted molar refractivity (Wildman–Crippen MR) is 49.7 cm³/mol. The first-order valence-electron chi connectivity index (χ1n) is 4.35. The highest BCUT2D eigenvalue weighted by molar-refractivity contribution is 6.08. The summed E-state index contributed by atoms with van der Waals surface area (Å²) in [7, 11) is 0. The van der Waals surface area contributed by atoms with Gasteiger partial charge in [0.05, 0.1) is 0 Å². The second-order valence-corrected chi connectivity index (χ2v) is 4.49. The van der Waals surface area contributed by atoms with Crippen LogP contribution in [0.25, 0.3) is 0 Å². The monoisotopic (exact) mass is 198 g/mol. The Balaban J connectivity index is 2.80. The molecule has 0 aliphatic heterocycles. The van der Waals surface area contributed by atoms with E-state index >= 15 is 0 Å². The maximum absolute atomic E-state index is 11.5. The highest BCUT2D eigenvalue weighted by Gasteiger charge is 2.63. The number of carbonyl (C=O) groups excluding carboxylic acids is 1. The molecule has 0 spiro atoms. The molecule has 1 atom stereocenters. The molecular weight excluding hydrogens is 184 g/mol. The molecule has 78 valence electrons. The van der Waals surface area contributed by atoms with Crippen LogP contribution in [0.3, 0.4) is 0 Å². The topological polar surface area (TPSA) is 63.6 Å². The van der Waals surface area contributed by atoms with Crippen LogP contribution >= 0.6 is 0 Å². The fraction of sp³-hybridized carbons (Fsp3) is 0.600. The van der Waals surface area contributed by atoms with E-state index in [2.05, 4.69) is 6.58 Å². The van der Waals surface area contributed by atoms with Gasteiger partial charge in [-0.3, -0.25) is 9.59 Å². The van der Waals surface area contributed by atoms with Crippen LogP contribution in [0.1, 0.15) is 27.2 Å². The summed E-state index contributed by atoms with van der Waals surface area (Å²) in [4.78, 5) is 22.4. The predicted octanol–water partition coefficient (Wildman–Crippen LogP) is 1.36. The molecule has 0 radical (unpaired) electrons. The van der Waals surface area contributed by atoms with E-state index in [-0.39, 0.29) is 6.42 Å². The molecule has 0 aromatic carbocycles. The minimum Gasteiger partial charge on any atom is -0.480 e. The Hall–Kier alpha value is -1.32. The molecule has 1 saturated carbocycles. The Morgan fingerprint density at radius 3 is 2.14 bits per heavy atom. The van der Waals surface area contributed by atoms with Crippen molar-refractivity contribution in [2.45, 2.75) is 32.8 Å². The highest BCUT2D eigenvalue weighted by atomic mass is 16.6. The van der Waals surface area contributed by atoms with Gasteiger partial charge in [-0.1, -0.05) is 6.58 Å². The largest absolute Gasteiger partial charge is 0.480 e. The normalized spacial score (nSPS) is 25.8. The van der Waals surface area contributed by atoms with Gasteiger partial charge >= 0.3 is 11.9 Å². The molecule has 1 N–H and O–H groups in total. The smallest absolute Gasteiger partial charge is 0.328 e.